The first-order chi connectivity index (χ1) is 13.9. The van der Waals surface area contributed by atoms with Gasteiger partial charge in [-0.25, -0.2) is 9.97 Å². The molecule has 0 aliphatic carbocycles. The van der Waals surface area contributed by atoms with Crippen molar-refractivity contribution >= 4 is 22.7 Å². The van der Waals surface area contributed by atoms with E-state index in [0.29, 0.717) is 0 Å². The minimum atomic E-state index is 0.898. The molecular weight excluding hydrogens is 384 g/mol. The Morgan fingerprint density at radius 1 is 0.536 bits per heavy atom. The molecule has 0 saturated carbocycles. The molecule has 4 nitrogen and oxygen atoms in total. The average Bonchev–Trinajstić information content (AvgIpc) is 3.46. The first kappa shape index (κ1) is 16.9. The molecule has 1 aromatic carbocycles. The summed E-state index contributed by atoms with van der Waals surface area (Å²) in [4.78, 5) is 18.3. The molecule has 4 aromatic heterocycles. The van der Waals surface area contributed by atoms with E-state index in [-0.39, 0.29) is 0 Å². The first-order valence-electron chi connectivity index (χ1n) is 8.71. The number of nitrogens with zero attached hydrogens (tertiary/aromatic N) is 4. The Hall–Kier alpha value is -3.22. The number of rotatable bonds is 4. The Kier molecular flexibility index (Phi) is 4.48. The summed E-state index contributed by atoms with van der Waals surface area (Å²) in [6.07, 6.45) is 3.58. The van der Waals surface area contributed by atoms with E-state index >= 15 is 0 Å². The van der Waals surface area contributed by atoms with Crippen molar-refractivity contribution in [2.45, 2.75) is 0 Å². The molecule has 0 unspecified atom stereocenters. The van der Waals surface area contributed by atoms with Gasteiger partial charge in [0.2, 0.25) is 0 Å². The summed E-state index contributed by atoms with van der Waals surface area (Å²) in [7, 11) is 0. The second-order valence-electron chi connectivity index (χ2n) is 6.09. The molecule has 0 aliphatic heterocycles. The minimum Gasteiger partial charge on any atom is -0.254 e. The van der Waals surface area contributed by atoms with E-state index in [9.17, 15) is 0 Å². The SMILES string of the molecule is c1ccc(-c2nc(-c3cccc(-c4csc(-c5ccccn5)n4)c3)cs2)nc1. The third kappa shape index (κ3) is 3.35. The van der Waals surface area contributed by atoms with Crippen molar-refractivity contribution < 1.29 is 0 Å². The topological polar surface area (TPSA) is 51.6 Å². The molecule has 0 N–H and O–H groups in total. The third-order valence-corrected chi connectivity index (χ3v) is 5.96. The van der Waals surface area contributed by atoms with Gasteiger partial charge in [0.25, 0.3) is 0 Å². The lowest BCUT2D eigenvalue weighted by molar-refractivity contribution is 1.29. The van der Waals surface area contributed by atoms with Crippen molar-refractivity contribution in [1.29, 1.82) is 0 Å². The lowest BCUT2D eigenvalue weighted by Crippen LogP contribution is -1.84. The van der Waals surface area contributed by atoms with Crippen molar-refractivity contribution in [3.63, 3.8) is 0 Å². The quantitative estimate of drug-likeness (QED) is 0.369. The highest BCUT2D eigenvalue weighted by atomic mass is 32.1. The van der Waals surface area contributed by atoms with E-state index in [4.69, 9.17) is 9.97 Å². The maximum Gasteiger partial charge on any atom is 0.142 e. The van der Waals surface area contributed by atoms with Crippen LogP contribution in [0.4, 0.5) is 0 Å². The normalized spacial score (nSPS) is 10.9. The third-order valence-electron chi connectivity index (χ3n) is 4.23. The van der Waals surface area contributed by atoms with Crippen LogP contribution in [0.2, 0.25) is 0 Å². The summed E-state index contributed by atoms with van der Waals surface area (Å²) in [5.74, 6) is 0. The molecule has 4 heterocycles. The van der Waals surface area contributed by atoms with Crippen LogP contribution < -0.4 is 0 Å². The largest absolute Gasteiger partial charge is 0.254 e. The van der Waals surface area contributed by atoms with Crippen LogP contribution in [-0.2, 0) is 0 Å². The van der Waals surface area contributed by atoms with E-state index in [1.54, 1.807) is 35.1 Å². The summed E-state index contributed by atoms with van der Waals surface area (Å²) in [5.41, 5.74) is 5.84. The van der Waals surface area contributed by atoms with Crippen LogP contribution in [0.1, 0.15) is 0 Å². The fourth-order valence-corrected chi connectivity index (χ4v) is 4.47. The van der Waals surface area contributed by atoms with E-state index in [1.807, 2.05) is 42.5 Å². The maximum absolute atomic E-state index is 4.77. The van der Waals surface area contributed by atoms with Gasteiger partial charge in [-0.2, -0.15) is 0 Å². The predicted octanol–water partition coefficient (Wildman–Crippen LogP) is 6.06. The molecule has 0 saturated heterocycles. The highest BCUT2D eigenvalue weighted by Gasteiger charge is 2.11. The summed E-state index contributed by atoms with van der Waals surface area (Å²) < 4.78 is 0. The van der Waals surface area contributed by atoms with Gasteiger partial charge in [0.1, 0.15) is 10.0 Å². The Bertz CT molecular complexity index is 1120. The second kappa shape index (κ2) is 7.42. The molecule has 0 aliphatic rings. The Labute approximate surface area is 170 Å². The van der Waals surface area contributed by atoms with E-state index < -0.39 is 0 Å². The Morgan fingerprint density at radius 3 is 1.54 bits per heavy atom. The van der Waals surface area contributed by atoms with Crippen molar-refractivity contribution in [1.82, 2.24) is 19.9 Å². The van der Waals surface area contributed by atoms with E-state index in [0.717, 1.165) is 43.9 Å². The van der Waals surface area contributed by atoms with E-state index in [2.05, 4.69) is 38.9 Å². The number of pyridine rings is 2. The smallest absolute Gasteiger partial charge is 0.142 e. The summed E-state index contributed by atoms with van der Waals surface area (Å²) in [5, 5.41) is 5.99. The Morgan fingerprint density at radius 2 is 1.07 bits per heavy atom. The van der Waals surface area contributed by atoms with Gasteiger partial charge in [-0.05, 0) is 30.3 Å². The molecule has 28 heavy (non-hydrogen) atoms. The van der Waals surface area contributed by atoms with Crippen LogP contribution in [0, 0.1) is 0 Å². The second-order valence-corrected chi connectivity index (χ2v) is 7.80. The van der Waals surface area contributed by atoms with Gasteiger partial charge in [-0.15, -0.1) is 22.7 Å². The molecule has 0 radical (unpaired) electrons. The van der Waals surface area contributed by atoms with Gasteiger partial charge in [0.05, 0.1) is 22.8 Å². The standard InChI is InChI=1S/C22H14N4S2/c1-3-10-23-17(8-1)21-25-19(13-27-21)15-6-5-7-16(12-15)20-14-28-22(26-20)18-9-2-4-11-24-18/h1-14H. The molecule has 6 heteroatoms. The fraction of sp³-hybridized carbons (Fsp3) is 0. The molecule has 0 bridgehead atoms. The van der Waals surface area contributed by atoms with Crippen LogP contribution >= 0.6 is 22.7 Å². The zero-order chi connectivity index (χ0) is 18.8. The first-order valence-corrected chi connectivity index (χ1v) is 10.5. The zero-order valence-electron chi connectivity index (χ0n) is 14.7. The van der Waals surface area contributed by atoms with Crippen molar-refractivity contribution in [2.24, 2.45) is 0 Å². The van der Waals surface area contributed by atoms with Gasteiger partial charge in [-0.3, -0.25) is 9.97 Å². The fourth-order valence-electron chi connectivity index (χ4n) is 2.86. The minimum absolute atomic E-state index is 0.898. The molecular formula is C22H14N4S2. The molecule has 0 fully saturated rings. The monoisotopic (exact) mass is 398 g/mol. The van der Waals surface area contributed by atoms with Crippen LogP contribution in [0.15, 0.2) is 83.8 Å². The number of benzene rings is 1. The number of aromatic nitrogens is 4. The number of hydrogen-bond acceptors (Lipinski definition) is 6. The van der Waals surface area contributed by atoms with Gasteiger partial charge in [0, 0.05) is 34.3 Å². The van der Waals surface area contributed by atoms with Crippen molar-refractivity contribution in [3.8, 4) is 43.9 Å². The lowest BCUT2D eigenvalue weighted by atomic mass is 10.1. The van der Waals surface area contributed by atoms with Crippen LogP contribution in [0.5, 0.6) is 0 Å². The van der Waals surface area contributed by atoms with Crippen molar-refractivity contribution in [3.05, 3.63) is 83.8 Å². The van der Waals surface area contributed by atoms with Crippen LogP contribution in [-0.4, -0.2) is 19.9 Å². The molecule has 0 amide bonds. The van der Waals surface area contributed by atoms with Gasteiger partial charge in [0.15, 0.2) is 0 Å². The molecule has 5 aromatic rings. The summed E-state index contributed by atoms with van der Waals surface area (Å²) in [6, 6.07) is 20.1. The zero-order valence-corrected chi connectivity index (χ0v) is 16.3. The number of hydrogen-bond donors (Lipinski definition) is 0. The van der Waals surface area contributed by atoms with Crippen LogP contribution in [0.25, 0.3) is 43.9 Å². The predicted molar refractivity (Wildman–Crippen MR) is 115 cm³/mol. The molecule has 0 spiro atoms. The van der Waals surface area contributed by atoms with Crippen LogP contribution in [0.3, 0.4) is 0 Å². The van der Waals surface area contributed by atoms with Gasteiger partial charge < -0.3 is 0 Å². The molecule has 5 rings (SSSR count). The van der Waals surface area contributed by atoms with E-state index in [1.165, 1.54) is 0 Å². The highest BCUT2D eigenvalue weighted by molar-refractivity contribution is 7.13. The number of thiazole rings is 2. The summed E-state index contributed by atoms with van der Waals surface area (Å²) >= 11 is 3.21. The molecule has 0 atom stereocenters. The average molecular weight is 399 g/mol. The maximum atomic E-state index is 4.77. The molecule has 134 valence electrons. The highest BCUT2D eigenvalue weighted by Crippen LogP contribution is 2.32. The summed E-state index contributed by atoms with van der Waals surface area (Å²) in [6.45, 7) is 0. The van der Waals surface area contributed by atoms with Crippen molar-refractivity contribution in [2.75, 3.05) is 0 Å². The Balaban J connectivity index is 1.46. The van der Waals surface area contributed by atoms with Gasteiger partial charge >= 0.3 is 0 Å². The van der Waals surface area contributed by atoms with Gasteiger partial charge in [-0.1, -0.05) is 30.3 Å². The lowest BCUT2D eigenvalue weighted by Gasteiger charge is -2.01.